The quantitative estimate of drug-likeness (QED) is 0.846. The van der Waals surface area contributed by atoms with Crippen LogP contribution < -0.4 is 10.5 Å². The monoisotopic (exact) mass is 256 g/mol. The maximum atomic E-state index is 12.7. The van der Waals surface area contributed by atoms with Gasteiger partial charge >= 0.3 is 6.36 Å². The molecule has 96 valence electrons. The first-order chi connectivity index (χ1) is 7.76. The molecule has 8 heteroatoms. The van der Waals surface area contributed by atoms with Crippen LogP contribution in [0.5, 0.6) is 5.75 Å². The first-order valence-corrected chi connectivity index (χ1v) is 4.48. The zero-order chi connectivity index (χ0) is 13.2. The molecule has 0 aliphatic heterocycles. The van der Waals surface area contributed by atoms with Gasteiger partial charge in [-0.3, -0.25) is 4.98 Å². The Labute approximate surface area is 93.4 Å². The van der Waals surface area contributed by atoms with Gasteiger partial charge in [0, 0.05) is 12.7 Å². The van der Waals surface area contributed by atoms with Gasteiger partial charge in [0.15, 0.2) is 5.75 Å². The van der Waals surface area contributed by atoms with E-state index in [2.05, 4.69) is 9.72 Å². The fourth-order valence-corrected chi connectivity index (χ4v) is 1.29. The smallest absolute Gasteiger partial charge is 0.403 e. The maximum Gasteiger partial charge on any atom is 0.573 e. The molecule has 0 aromatic carbocycles. The van der Waals surface area contributed by atoms with E-state index in [0.29, 0.717) is 0 Å². The summed E-state index contributed by atoms with van der Waals surface area (Å²) < 4.78 is 65.2. The third kappa shape index (κ3) is 3.26. The van der Waals surface area contributed by atoms with E-state index < -0.39 is 24.1 Å². The first-order valence-electron chi connectivity index (χ1n) is 4.48. The molecule has 0 spiro atoms. The second-order valence-corrected chi connectivity index (χ2v) is 3.16. The second kappa shape index (κ2) is 4.82. The number of aryl methyl sites for hydroxylation is 1. The summed E-state index contributed by atoms with van der Waals surface area (Å²) in [5.74, 6) is -0.976. The molecule has 0 aliphatic carbocycles. The number of nitrogens with two attached hydrogens (primary N) is 1. The second-order valence-electron chi connectivity index (χ2n) is 3.16. The predicted molar refractivity (Wildman–Crippen MR) is 48.5 cm³/mol. The fraction of sp³-hybridized carbons (Fsp3) is 0.444. The maximum absolute atomic E-state index is 12.7. The van der Waals surface area contributed by atoms with Gasteiger partial charge in [0.25, 0.3) is 6.43 Å². The zero-order valence-corrected chi connectivity index (χ0v) is 8.68. The SMILES string of the molecule is Cc1ncc(CN)c(C(F)F)c1OC(F)(F)F. The van der Waals surface area contributed by atoms with E-state index in [0.717, 1.165) is 13.1 Å². The predicted octanol–water partition coefficient (Wildman–Crippen LogP) is 2.68. The molecule has 1 heterocycles. The number of aromatic nitrogens is 1. The van der Waals surface area contributed by atoms with Crippen molar-refractivity contribution >= 4 is 0 Å². The van der Waals surface area contributed by atoms with E-state index in [1.54, 1.807) is 0 Å². The Balaban J connectivity index is 3.34. The molecular weight excluding hydrogens is 247 g/mol. The van der Waals surface area contributed by atoms with Crippen LogP contribution in [0.15, 0.2) is 6.20 Å². The highest BCUT2D eigenvalue weighted by Crippen LogP contribution is 2.36. The molecule has 1 aromatic rings. The molecular formula is C9H9F5N2O. The lowest BCUT2D eigenvalue weighted by molar-refractivity contribution is -0.275. The molecule has 0 saturated carbocycles. The summed E-state index contributed by atoms with van der Waals surface area (Å²) in [7, 11) is 0. The lowest BCUT2D eigenvalue weighted by Gasteiger charge is -2.17. The molecule has 0 fully saturated rings. The molecule has 0 radical (unpaired) electrons. The molecule has 0 unspecified atom stereocenters. The van der Waals surface area contributed by atoms with Crippen LogP contribution in [-0.2, 0) is 6.54 Å². The molecule has 0 aliphatic rings. The Morgan fingerprint density at radius 3 is 2.41 bits per heavy atom. The number of rotatable bonds is 3. The Hall–Kier alpha value is -1.44. The van der Waals surface area contributed by atoms with Crippen molar-refractivity contribution in [2.75, 3.05) is 0 Å². The minimum atomic E-state index is -5.05. The Morgan fingerprint density at radius 2 is 2.00 bits per heavy atom. The Bertz CT molecular complexity index is 405. The van der Waals surface area contributed by atoms with Crippen LogP contribution >= 0.6 is 0 Å². The van der Waals surface area contributed by atoms with Crippen LogP contribution in [0.1, 0.15) is 23.2 Å². The number of ether oxygens (including phenoxy) is 1. The molecule has 0 bridgehead atoms. The van der Waals surface area contributed by atoms with Gasteiger partial charge in [0.2, 0.25) is 0 Å². The van der Waals surface area contributed by atoms with Gasteiger partial charge in [0.05, 0.1) is 11.3 Å². The number of alkyl halides is 5. The third-order valence-corrected chi connectivity index (χ3v) is 1.99. The van der Waals surface area contributed by atoms with E-state index >= 15 is 0 Å². The third-order valence-electron chi connectivity index (χ3n) is 1.99. The Morgan fingerprint density at radius 1 is 1.41 bits per heavy atom. The van der Waals surface area contributed by atoms with Crippen LogP contribution in [0.3, 0.4) is 0 Å². The summed E-state index contributed by atoms with van der Waals surface area (Å²) in [6.45, 7) is 0.800. The van der Waals surface area contributed by atoms with Crippen molar-refractivity contribution < 1.29 is 26.7 Å². The number of hydrogen-bond acceptors (Lipinski definition) is 3. The topological polar surface area (TPSA) is 48.1 Å². The standard InChI is InChI=1S/C9H9F5N2O/c1-4-7(17-9(12,13)14)6(8(10)11)5(2-15)3-16-4/h3,8H,2,15H2,1H3. The molecule has 0 atom stereocenters. The summed E-state index contributed by atoms with van der Waals surface area (Å²) >= 11 is 0. The summed E-state index contributed by atoms with van der Waals surface area (Å²) in [5.41, 5.74) is 3.85. The molecule has 0 saturated heterocycles. The van der Waals surface area contributed by atoms with Gasteiger partial charge in [0.1, 0.15) is 0 Å². The van der Waals surface area contributed by atoms with E-state index in [1.165, 1.54) is 0 Å². The number of hydrogen-bond donors (Lipinski definition) is 1. The number of halogens is 5. The van der Waals surface area contributed by atoms with E-state index in [-0.39, 0.29) is 17.8 Å². The Kier molecular flexibility index (Phi) is 3.87. The van der Waals surface area contributed by atoms with E-state index in [4.69, 9.17) is 5.73 Å². The molecule has 3 nitrogen and oxygen atoms in total. The molecule has 2 N–H and O–H groups in total. The number of pyridine rings is 1. The van der Waals surface area contributed by atoms with Gasteiger partial charge in [-0.05, 0) is 12.5 Å². The fourth-order valence-electron chi connectivity index (χ4n) is 1.29. The summed E-state index contributed by atoms with van der Waals surface area (Å²) in [5, 5.41) is 0. The van der Waals surface area contributed by atoms with Crippen molar-refractivity contribution in [2.45, 2.75) is 26.3 Å². The van der Waals surface area contributed by atoms with Crippen LogP contribution in [0.4, 0.5) is 22.0 Å². The highest BCUT2D eigenvalue weighted by Gasteiger charge is 2.35. The van der Waals surface area contributed by atoms with Gasteiger partial charge < -0.3 is 10.5 Å². The summed E-state index contributed by atoms with van der Waals surface area (Å²) in [6, 6.07) is 0. The normalized spacial score (nSPS) is 12.0. The molecule has 1 aromatic heterocycles. The van der Waals surface area contributed by atoms with Crippen molar-refractivity contribution in [3.8, 4) is 5.75 Å². The molecule has 1 rings (SSSR count). The molecule has 17 heavy (non-hydrogen) atoms. The zero-order valence-electron chi connectivity index (χ0n) is 8.68. The van der Waals surface area contributed by atoms with Gasteiger partial charge in [-0.2, -0.15) is 0 Å². The van der Waals surface area contributed by atoms with E-state index in [9.17, 15) is 22.0 Å². The minimum Gasteiger partial charge on any atom is -0.403 e. The van der Waals surface area contributed by atoms with Crippen LogP contribution in [-0.4, -0.2) is 11.3 Å². The average molecular weight is 256 g/mol. The van der Waals surface area contributed by atoms with Crippen molar-refractivity contribution in [3.63, 3.8) is 0 Å². The lowest BCUT2D eigenvalue weighted by atomic mass is 10.1. The highest BCUT2D eigenvalue weighted by molar-refractivity contribution is 5.43. The van der Waals surface area contributed by atoms with Crippen molar-refractivity contribution in [3.05, 3.63) is 23.0 Å². The van der Waals surface area contributed by atoms with Gasteiger partial charge in [-0.1, -0.05) is 0 Å². The van der Waals surface area contributed by atoms with Crippen LogP contribution in [0.2, 0.25) is 0 Å². The summed E-state index contributed by atoms with van der Waals surface area (Å²) in [4.78, 5) is 3.54. The van der Waals surface area contributed by atoms with Crippen LogP contribution in [0, 0.1) is 6.92 Å². The van der Waals surface area contributed by atoms with E-state index in [1.807, 2.05) is 0 Å². The largest absolute Gasteiger partial charge is 0.573 e. The van der Waals surface area contributed by atoms with Gasteiger partial charge in [-0.25, -0.2) is 8.78 Å². The highest BCUT2D eigenvalue weighted by atomic mass is 19.4. The van der Waals surface area contributed by atoms with Crippen molar-refractivity contribution in [2.24, 2.45) is 5.73 Å². The van der Waals surface area contributed by atoms with Crippen molar-refractivity contribution in [1.82, 2.24) is 4.98 Å². The van der Waals surface area contributed by atoms with Gasteiger partial charge in [-0.15, -0.1) is 13.2 Å². The van der Waals surface area contributed by atoms with Crippen molar-refractivity contribution in [1.29, 1.82) is 0 Å². The number of nitrogens with zero attached hydrogens (tertiary/aromatic N) is 1. The minimum absolute atomic E-state index is 0.176. The first kappa shape index (κ1) is 13.6. The summed E-state index contributed by atoms with van der Waals surface area (Å²) in [6.07, 6.45) is -7.16. The molecule has 0 amide bonds. The van der Waals surface area contributed by atoms with Crippen LogP contribution in [0.25, 0.3) is 0 Å². The lowest BCUT2D eigenvalue weighted by Crippen LogP contribution is -2.20. The average Bonchev–Trinajstić information content (AvgIpc) is 2.18.